The van der Waals surface area contributed by atoms with Gasteiger partial charge in [0.05, 0.1) is 11.8 Å². The quantitative estimate of drug-likeness (QED) is 0.786. The molecule has 0 aromatic carbocycles. The van der Waals surface area contributed by atoms with Crippen molar-refractivity contribution in [1.82, 2.24) is 4.31 Å². The van der Waals surface area contributed by atoms with Crippen LogP contribution in [0.5, 0.6) is 0 Å². The molecule has 4 atom stereocenters. The van der Waals surface area contributed by atoms with Gasteiger partial charge in [-0.1, -0.05) is 27.7 Å². The molecule has 126 valence electrons. The molecule has 2 bridgehead atoms. The highest BCUT2D eigenvalue weighted by Gasteiger charge is 2.72. The highest BCUT2D eigenvalue weighted by molar-refractivity contribution is 7.99. The van der Waals surface area contributed by atoms with Crippen molar-refractivity contribution in [3.05, 3.63) is 0 Å². The van der Waals surface area contributed by atoms with Gasteiger partial charge >= 0.3 is 0 Å². The molecule has 1 spiro atoms. The van der Waals surface area contributed by atoms with Gasteiger partial charge in [-0.05, 0) is 36.3 Å². The summed E-state index contributed by atoms with van der Waals surface area (Å²) in [5.74, 6) is 1.99. The molecule has 1 saturated heterocycles. The fraction of sp³-hybridized carbons (Fsp3) is 0.938. The Kier molecular flexibility index (Phi) is 3.88. The molecule has 2 aliphatic carbocycles. The first kappa shape index (κ1) is 16.6. The zero-order valence-corrected chi connectivity index (χ0v) is 15.6. The Labute approximate surface area is 138 Å². The SMILES string of the molecule is CCSC[C@H](C)C(=O)N1[C@@H]2C[C@H]3CC[C@]2(CS1(=O)=O)C3(C)C. The van der Waals surface area contributed by atoms with Crippen LogP contribution in [0.25, 0.3) is 0 Å². The minimum atomic E-state index is -3.46. The molecule has 0 radical (unpaired) electrons. The minimum absolute atomic E-state index is 0.0289. The van der Waals surface area contributed by atoms with Crippen LogP contribution in [0.2, 0.25) is 0 Å². The van der Waals surface area contributed by atoms with E-state index in [1.165, 1.54) is 4.31 Å². The standard InChI is InChI=1S/C16H27NO3S2/c1-5-21-9-11(2)14(18)17-13-8-12-6-7-16(13,15(12,3)4)10-22(17,19)20/h11-13H,5-10H2,1-4H3/t11-,12+,13+,16+/m0/s1. The molecular weight excluding hydrogens is 318 g/mol. The van der Waals surface area contributed by atoms with Gasteiger partial charge in [0, 0.05) is 17.1 Å². The van der Waals surface area contributed by atoms with Gasteiger partial charge < -0.3 is 0 Å². The maximum atomic E-state index is 12.8. The van der Waals surface area contributed by atoms with Crippen molar-refractivity contribution in [3.8, 4) is 0 Å². The van der Waals surface area contributed by atoms with Crippen LogP contribution in [-0.4, -0.2) is 41.9 Å². The van der Waals surface area contributed by atoms with E-state index in [2.05, 4.69) is 20.8 Å². The van der Waals surface area contributed by atoms with Crippen molar-refractivity contribution in [2.45, 2.75) is 53.0 Å². The topological polar surface area (TPSA) is 54.5 Å². The number of carbonyl (C=O) groups excluding carboxylic acids is 1. The Morgan fingerprint density at radius 1 is 1.41 bits per heavy atom. The maximum absolute atomic E-state index is 12.8. The van der Waals surface area contributed by atoms with Crippen LogP contribution in [0.15, 0.2) is 0 Å². The smallest absolute Gasteiger partial charge is 0.239 e. The van der Waals surface area contributed by atoms with E-state index in [-0.39, 0.29) is 34.4 Å². The average Bonchev–Trinajstić information content (AvgIpc) is 2.90. The summed E-state index contributed by atoms with van der Waals surface area (Å²) < 4.78 is 26.8. The van der Waals surface area contributed by atoms with Gasteiger partial charge in [-0.25, -0.2) is 12.7 Å². The Morgan fingerprint density at radius 2 is 2.09 bits per heavy atom. The van der Waals surface area contributed by atoms with Gasteiger partial charge in [0.2, 0.25) is 15.9 Å². The summed E-state index contributed by atoms with van der Waals surface area (Å²) in [6, 6.07) is -0.0900. The van der Waals surface area contributed by atoms with Crippen LogP contribution < -0.4 is 0 Å². The third-order valence-corrected chi connectivity index (χ3v) is 9.68. The largest absolute Gasteiger partial charge is 0.273 e. The fourth-order valence-corrected chi connectivity index (χ4v) is 8.52. The van der Waals surface area contributed by atoms with Crippen molar-refractivity contribution < 1.29 is 13.2 Å². The molecule has 0 aromatic rings. The van der Waals surface area contributed by atoms with Gasteiger partial charge in [0.1, 0.15) is 0 Å². The number of thioether (sulfide) groups is 1. The van der Waals surface area contributed by atoms with Gasteiger partial charge in [0.15, 0.2) is 0 Å². The number of amides is 1. The number of hydrogen-bond acceptors (Lipinski definition) is 4. The van der Waals surface area contributed by atoms with Crippen molar-refractivity contribution in [3.63, 3.8) is 0 Å². The van der Waals surface area contributed by atoms with Crippen molar-refractivity contribution in [1.29, 1.82) is 0 Å². The van der Waals surface area contributed by atoms with Crippen molar-refractivity contribution in [2.24, 2.45) is 22.7 Å². The summed E-state index contributed by atoms with van der Waals surface area (Å²) in [6.45, 7) is 8.35. The van der Waals surface area contributed by atoms with Crippen LogP contribution in [0.1, 0.15) is 47.0 Å². The molecule has 0 N–H and O–H groups in total. The molecule has 0 aromatic heterocycles. The number of rotatable bonds is 4. The number of carbonyl (C=O) groups is 1. The van der Waals surface area contributed by atoms with E-state index in [9.17, 15) is 13.2 Å². The molecule has 2 saturated carbocycles. The molecule has 1 heterocycles. The fourth-order valence-electron chi connectivity index (χ4n) is 5.16. The number of sulfonamides is 1. The van der Waals surface area contributed by atoms with Gasteiger partial charge in [-0.3, -0.25) is 4.79 Å². The second-order valence-corrected chi connectivity index (χ2v) is 11.0. The molecular formula is C16H27NO3S2. The van der Waals surface area contributed by atoms with Crippen LogP contribution in [0.3, 0.4) is 0 Å². The molecule has 3 aliphatic rings. The number of fused-ring (bicyclic) bond motifs is 1. The molecule has 3 rings (SSSR count). The Hall–Kier alpha value is -0.230. The molecule has 1 amide bonds. The molecule has 3 fully saturated rings. The molecule has 0 unspecified atom stereocenters. The van der Waals surface area contributed by atoms with Crippen LogP contribution >= 0.6 is 11.8 Å². The van der Waals surface area contributed by atoms with Gasteiger partial charge in [-0.15, -0.1) is 0 Å². The Balaban J connectivity index is 1.92. The predicted octanol–water partition coefficient (Wildman–Crippen LogP) is 2.74. The highest BCUT2D eigenvalue weighted by Crippen LogP contribution is 2.70. The summed E-state index contributed by atoms with van der Waals surface area (Å²) in [5.41, 5.74) is -0.176. The first-order chi connectivity index (χ1) is 10.2. The van der Waals surface area contributed by atoms with E-state index in [0.29, 0.717) is 11.7 Å². The van der Waals surface area contributed by atoms with Gasteiger partial charge in [-0.2, -0.15) is 11.8 Å². The third kappa shape index (κ3) is 2.02. The molecule has 22 heavy (non-hydrogen) atoms. The summed E-state index contributed by atoms with van der Waals surface area (Å²) in [4.78, 5) is 12.8. The van der Waals surface area contributed by atoms with Crippen molar-refractivity contribution in [2.75, 3.05) is 17.3 Å². The summed E-state index contributed by atoms with van der Waals surface area (Å²) in [7, 11) is -3.46. The lowest BCUT2D eigenvalue weighted by Crippen LogP contribution is -2.46. The zero-order valence-electron chi connectivity index (χ0n) is 14.0. The van der Waals surface area contributed by atoms with Gasteiger partial charge in [0.25, 0.3) is 0 Å². The Morgan fingerprint density at radius 3 is 2.68 bits per heavy atom. The van der Waals surface area contributed by atoms with E-state index in [1.54, 1.807) is 11.8 Å². The summed E-state index contributed by atoms with van der Waals surface area (Å²) in [6.07, 6.45) is 2.93. The lowest BCUT2D eigenvalue weighted by Gasteiger charge is -2.37. The van der Waals surface area contributed by atoms with E-state index in [0.717, 1.165) is 25.0 Å². The number of nitrogens with zero attached hydrogens (tertiary/aromatic N) is 1. The first-order valence-electron chi connectivity index (χ1n) is 8.31. The summed E-state index contributed by atoms with van der Waals surface area (Å²) >= 11 is 1.70. The third-order valence-electron chi connectivity index (χ3n) is 6.62. The minimum Gasteiger partial charge on any atom is -0.273 e. The first-order valence-corrected chi connectivity index (χ1v) is 11.1. The summed E-state index contributed by atoms with van der Waals surface area (Å²) in [5, 5.41) is 0. The molecule has 4 nitrogen and oxygen atoms in total. The van der Waals surface area contributed by atoms with Crippen molar-refractivity contribution >= 4 is 27.7 Å². The molecule has 1 aliphatic heterocycles. The van der Waals surface area contributed by atoms with E-state index >= 15 is 0 Å². The van der Waals surface area contributed by atoms with E-state index in [4.69, 9.17) is 0 Å². The lowest BCUT2D eigenvalue weighted by atomic mass is 9.69. The highest BCUT2D eigenvalue weighted by atomic mass is 32.2. The lowest BCUT2D eigenvalue weighted by molar-refractivity contribution is -0.132. The second-order valence-electron chi connectivity index (χ2n) is 7.82. The van der Waals surface area contributed by atoms with E-state index < -0.39 is 10.0 Å². The zero-order chi connectivity index (χ0) is 16.3. The van der Waals surface area contributed by atoms with E-state index in [1.807, 2.05) is 6.92 Å². The average molecular weight is 346 g/mol. The maximum Gasteiger partial charge on any atom is 0.239 e. The van der Waals surface area contributed by atoms with Crippen LogP contribution in [0, 0.1) is 22.7 Å². The second kappa shape index (κ2) is 5.13. The number of hydrogen-bond donors (Lipinski definition) is 0. The Bertz CT molecular complexity index is 586. The van der Waals surface area contributed by atoms with Crippen LogP contribution in [-0.2, 0) is 14.8 Å². The normalized spacial score (nSPS) is 39.0. The molecule has 6 heteroatoms. The monoisotopic (exact) mass is 345 g/mol. The predicted molar refractivity (Wildman–Crippen MR) is 90.1 cm³/mol. The van der Waals surface area contributed by atoms with Crippen LogP contribution in [0.4, 0.5) is 0 Å².